The summed E-state index contributed by atoms with van der Waals surface area (Å²) in [5.41, 5.74) is -1.65. The van der Waals surface area contributed by atoms with Crippen molar-refractivity contribution in [2.45, 2.75) is 6.18 Å². The molecule has 20 heavy (non-hydrogen) atoms. The topological polar surface area (TPSA) is 66.4 Å². The number of alkyl halides is 3. The van der Waals surface area contributed by atoms with Crippen LogP contribution in [0.1, 0.15) is 5.56 Å². The van der Waals surface area contributed by atoms with E-state index >= 15 is 0 Å². The largest absolute Gasteiger partial charge is 0.477 e. The lowest BCUT2D eigenvalue weighted by Crippen LogP contribution is -2.18. The van der Waals surface area contributed by atoms with E-state index < -0.39 is 39.4 Å². The maximum Gasteiger partial charge on any atom is 0.418 e. The summed E-state index contributed by atoms with van der Waals surface area (Å²) in [6, 6.07) is 4.16. The Labute approximate surface area is 120 Å². The number of rotatable bonds is 3. The molecule has 0 saturated heterocycles. The van der Waals surface area contributed by atoms with Gasteiger partial charge in [0, 0.05) is 0 Å². The van der Waals surface area contributed by atoms with Crippen LogP contribution in [0.2, 0.25) is 0 Å². The molecule has 0 aliphatic carbocycles. The Morgan fingerprint density at radius 1 is 1.10 bits per heavy atom. The Bertz CT molecular complexity index is 585. The standard InChI is InChI=1S/C11H6Cl2F3NO3/c12-7(8(13)10(19)20)9(18)17-6-4-2-1-3-5(6)11(14,15)16/h1-4H,(H,17,18)(H,19,20). The van der Waals surface area contributed by atoms with E-state index in [1.807, 2.05) is 5.32 Å². The molecule has 0 radical (unpaired) electrons. The van der Waals surface area contributed by atoms with Gasteiger partial charge in [-0.2, -0.15) is 13.2 Å². The van der Waals surface area contributed by atoms with Crippen molar-refractivity contribution in [2.24, 2.45) is 0 Å². The Kier molecular flexibility index (Phi) is 5.02. The lowest BCUT2D eigenvalue weighted by Gasteiger charge is -2.13. The second-order valence-corrected chi connectivity index (χ2v) is 4.19. The van der Waals surface area contributed by atoms with Crippen LogP contribution >= 0.6 is 23.2 Å². The molecule has 0 aliphatic rings. The number of carbonyl (C=O) groups is 2. The monoisotopic (exact) mass is 327 g/mol. The molecule has 0 fully saturated rings. The number of carboxylic acids is 1. The summed E-state index contributed by atoms with van der Waals surface area (Å²) in [7, 11) is 0. The minimum atomic E-state index is -4.68. The molecule has 0 atom stereocenters. The summed E-state index contributed by atoms with van der Waals surface area (Å²) in [5.74, 6) is -2.92. The lowest BCUT2D eigenvalue weighted by molar-refractivity contribution is -0.137. The number of para-hydroxylation sites is 1. The molecule has 4 nitrogen and oxygen atoms in total. The SMILES string of the molecule is O=C(O)C(Cl)=C(Cl)C(=O)Nc1ccccc1C(F)(F)F. The Morgan fingerprint density at radius 3 is 2.15 bits per heavy atom. The van der Waals surface area contributed by atoms with E-state index in [9.17, 15) is 22.8 Å². The van der Waals surface area contributed by atoms with Crippen molar-refractivity contribution in [3.8, 4) is 0 Å². The molecule has 1 rings (SSSR count). The molecule has 0 saturated carbocycles. The van der Waals surface area contributed by atoms with E-state index in [1.165, 1.54) is 6.07 Å². The summed E-state index contributed by atoms with van der Waals surface area (Å²) in [4.78, 5) is 22.0. The summed E-state index contributed by atoms with van der Waals surface area (Å²) in [5, 5.41) is 8.46. The Balaban J connectivity index is 3.10. The smallest absolute Gasteiger partial charge is 0.418 e. The van der Waals surface area contributed by atoms with Gasteiger partial charge in [-0.1, -0.05) is 35.3 Å². The van der Waals surface area contributed by atoms with Crippen LogP contribution < -0.4 is 5.32 Å². The first kappa shape index (κ1) is 16.3. The van der Waals surface area contributed by atoms with Crippen molar-refractivity contribution in [1.82, 2.24) is 0 Å². The molecule has 0 unspecified atom stereocenters. The molecule has 0 bridgehead atoms. The van der Waals surface area contributed by atoms with Gasteiger partial charge >= 0.3 is 12.1 Å². The van der Waals surface area contributed by atoms with Gasteiger partial charge in [-0.15, -0.1) is 0 Å². The highest BCUT2D eigenvalue weighted by atomic mass is 35.5. The molecule has 0 spiro atoms. The van der Waals surface area contributed by atoms with Gasteiger partial charge in [-0.25, -0.2) is 4.79 Å². The zero-order valence-electron chi connectivity index (χ0n) is 9.46. The third-order valence-electron chi connectivity index (χ3n) is 2.06. The van der Waals surface area contributed by atoms with Crippen molar-refractivity contribution in [2.75, 3.05) is 5.32 Å². The average Bonchev–Trinajstić information content (AvgIpc) is 2.36. The Hall–Kier alpha value is -1.73. The summed E-state index contributed by atoms with van der Waals surface area (Å²) < 4.78 is 38.0. The van der Waals surface area contributed by atoms with E-state index in [0.717, 1.165) is 18.2 Å². The number of anilines is 1. The molecular formula is C11H6Cl2F3NO3. The number of nitrogens with one attached hydrogen (secondary N) is 1. The summed E-state index contributed by atoms with van der Waals surface area (Å²) >= 11 is 10.6. The van der Waals surface area contributed by atoms with E-state index in [2.05, 4.69) is 0 Å². The highest BCUT2D eigenvalue weighted by Gasteiger charge is 2.33. The van der Waals surface area contributed by atoms with Gasteiger partial charge in [-0.3, -0.25) is 4.79 Å². The fraction of sp³-hybridized carbons (Fsp3) is 0.0909. The van der Waals surface area contributed by atoms with Crippen LogP contribution in [0.4, 0.5) is 18.9 Å². The molecule has 108 valence electrons. The molecular weight excluding hydrogens is 322 g/mol. The lowest BCUT2D eigenvalue weighted by atomic mass is 10.1. The van der Waals surface area contributed by atoms with E-state index in [0.29, 0.717) is 0 Å². The Morgan fingerprint density at radius 2 is 1.65 bits per heavy atom. The third-order valence-corrected chi connectivity index (χ3v) is 2.87. The normalized spacial score (nSPS) is 12.7. The zero-order valence-corrected chi connectivity index (χ0v) is 11.0. The molecule has 0 aromatic heterocycles. The second kappa shape index (κ2) is 6.15. The van der Waals surface area contributed by atoms with Crippen LogP contribution in [0.25, 0.3) is 0 Å². The number of aliphatic carboxylic acids is 1. The van der Waals surface area contributed by atoms with Crippen LogP contribution in [0.15, 0.2) is 34.3 Å². The van der Waals surface area contributed by atoms with Crippen LogP contribution in [0, 0.1) is 0 Å². The van der Waals surface area contributed by atoms with Gasteiger partial charge in [0.2, 0.25) is 0 Å². The highest BCUT2D eigenvalue weighted by molar-refractivity contribution is 6.54. The molecule has 1 aromatic carbocycles. The third kappa shape index (κ3) is 3.88. The first-order valence-electron chi connectivity index (χ1n) is 4.90. The van der Waals surface area contributed by atoms with Gasteiger partial charge in [0.05, 0.1) is 11.3 Å². The molecule has 1 amide bonds. The second-order valence-electron chi connectivity index (χ2n) is 3.43. The van der Waals surface area contributed by atoms with Crippen molar-refractivity contribution in [3.05, 3.63) is 39.9 Å². The minimum absolute atomic E-state index is 0.557. The van der Waals surface area contributed by atoms with Crippen molar-refractivity contribution in [3.63, 3.8) is 0 Å². The highest BCUT2D eigenvalue weighted by Crippen LogP contribution is 2.34. The zero-order chi connectivity index (χ0) is 15.5. The quantitative estimate of drug-likeness (QED) is 0.836. The molecule has 9 heteroatoms. The van der Waals surface area contributed by atoms with E-state index in [1.54, 1.807) is 0 Å². The first-order valence-corrected chi connectivity index (χ1v) is 5.66. The maximum atomic E-state index is 12.7. The number of hydrogen-bond donors (Lipinski definition) is 2. The first-order chi connectivity index (χ1) is 9.14. The van der Waals surface area contributed by atoms with Crippen molar-refractivity contribution < 1.29 is 27.9 Å². The van der Waals surface area contributed by atoms with Gasteiger partial charge in [0.1, 0.15) is 10.1 Å². The summed E-state index contributed by atoms with van der Waals surface area (Å²) in [6.07, 6.45) is -4.68. The number of carboxylic acid groups (broad SMARTS) is 1. The van der Waals surface area contributed by atoms with Crippen LogP contribution in [0.5, 0.6) is 0 Å². The van der Waals surface area contributed by atoms with Crippen LogP contribution in [-0.2, 0) is 15.8 Å². The number of amides is 1. The average molecular weight is 328 g/mol. The predicted molar refractivity (Wildman–Crippen MR) is 66.4 cm³/mol. The number of hydrogen-bond acceptors (Lipinski definition) is 2. The van der Waals surface area contributed by atoms with Gasteiger partial charge in [-0.05, 0) is 12.1 Å². The molecule has 0 aliphatic heterocycles. The van der Waals surface area contributed by atoms with Crippen LogP contribution in [-0.4, -0.2) is 17.0 Å². The molecule has 1 aromatic rings. The summed E-state index contributed by atoms with van der Waals surface area (Å²) in [6.45, 7) is 0. The number of halogens is 5. The number of carbonyl (C=O) groups excluding carboxylic acids is 1. The van der Waals surface area contributed by atoms with Gasteiger partial charge in [0.15, 0.2) is 0 Å². The van der Waals surface area contributed by atoms with Gasteiger partial charge < -0.3 is 10.4 Å². The maximum absolute atomic E-state index is 12.7. The predicted octanol–water partition coefficient (Wildman–Crippen LogP) is 3.42. The fourth-order valence-corrected chi connectivity index (χ4v) is 1.42. The van der Waals surface area contributed by atoms with Gasteiger partial charge in [0.25, 0.3) is 5.91 Å². The van der Waals surface area contributed by atoms with E-state index in [-0.39, 0.29) is 0 Å². The molecule has 2 N–H and O–H groups in total. The van der Waals surface area contributed by atoms with Crippen molar-refractivity contribution in [1.29, 1.82) is 0 Å². The minimum Gasteiger partial charge on any atom is -0.477 e. The van der Waals surface area contributed by atoms with E-state index in [4.69, 9.17) is 28.3 Å². The van der Waals surface area contributed by atoms with Crippen molar-refractivity contribution >= 4 is 40.8 Å². The fourth-order valence-electron chi connectivity index (χ4n) is 1.21. The van der Waals surface area contributed by atoms with Crippen LogP contribution in [0.3, 0.4) is 0 Å². The number of benzene rings is 1. The molecule has 0 heterocycles.